The number of amides is 1. The second-order valence-corrected chi connectivity index (χ2v) is 8.88. The van der Waals surface area contributed by atoms with Crippen molar-refractivity contribution < 1.29 is 4.79 Å². The predicted octanol–water partition coefficient (Wildman–Crippen LogP) is 4.44. The summed E-state index contributed by atoms with van der Waals surface area (Å²) in [5.41, 5.74) is 3.88. The Hall–Kier alpha value is -2.41. The van der Waals surface area contributed by atoms with Crippen LogP contribution >= 0.6 is 11.8 Å². The van der Waals surface area contributed by atoms with Crippen LogP contribution in [0.1, 0.15) is 60.7 Å². The van der Waals surface area contributed by atoms with Gasteiger partial charge >= 0.3 is 0 Å². The van der Waals surface area contributed by atoms with E-state index in [-0.39, 0.29) is 11.9 Å². The maximum atomic E-state index is 13.2. The molecule has 1 aromatic carbocycles. The fraction of sp³-hybridized carbons (Fsp3) is 0.478. The van der Waals surface area contributed by atoms with Crippen molar-refractivity contribution in [2.45, 2.75) is 63.6 Å². The number of aryl methyl sites for hydroxylation is 2. The van der Waals surface area contributed by atoms with Crippen molar-refractivity contribution in [3.8, 4) is 0 Å². The average molecular weight is 424 g/mol. The van der Waals surface area contributed by atoms with Gasteiger partial charge in [-0.05, 0) is 44.4 Å². The van der Waals surface area contributed by atoms with Crippen LogP contribution in [-0.4, -0.2) is 31.7 Å². The van der Waals surface area contributed by atoms with Gasteiger partial charge in [0.25, 0.3) is 5.78 Å². The summed E-state index contributed by atoms with van der Waals surface area (Å²) in [6, 6.07) is 10.4. The molecule has 6 nitrogen and oxygen atoms in total. The van der Waals surface area contributed by atoms with Gasteiger partial charge in [0.2, 0.25) is 11.1 Å². The topological polar surface area (TPSA) is 72.2 Å². The highest BCUT2D eigenvalue weighted by Crippen LogP contribution is 2.34. The van der Waals surface area contributed by atoms with E-state index in [9.17, 15) is 4.79 Å². The van der Waals surface area contributed by atoms with Crippen LogP contribution in [0.3, 0.4) is 0 Å². The molecule has 0 bridgehead atoms. The normalized spacial score (nSPS) is 16.0. The molecule has 2 aromatic heterocycles. The minimum Gasteiger partial charge on any atom is -0.349 e. The molecule has 30 heavy (non-hydrogen) atoms. The van der Waals surface area contributed by atoms with E-state index in [1.54, 1.807) is 4.52 Å². The van der Waals surface area contributed by atoms with Crippen molar-refractivity contribution in [3.05, 3.63) is 52.8 Å². The van der Waals surface area contributed by atoms with Gasteiger partial charge in [0, 0.05) is 17.0 Å². The lowest BCUT2D eigenvalue weighted by atomic mass is 9.81. The Morgan fingerprint density at radius 3 is 2.60 bits per heavy atom. The number of carbonyl (C=O) groups is 1. The van der Waals surface area contributed by atoms with Gasteiger partial charge in [-0.25, -0.2) is 9.50 Å². The predicted molar refractivity (Wildman–Crippen MR) is 120 cm³/mol. The maximum absolute atomic E-state index is 13.2. The Balaban J connectivity index is 1.57. The summed E-state index contributed by atoms with van der Waals surface area (Å²) in [6.07, 6.45) is 8.36. The van der Waals surface area contributed by atoms with E-state index in [2.05, 4.69) is 44.6 Å². The maximum Gasteiger partial charge on any atom is 0.253 e. The fourth-order valence-corrected chi connectivity index (χ4v) is 4.85. The number of nitrogens with one attached hydrogen (secondary N) is 1. The molecular weight excluding hydrogens is 394 g/mol. The van der Waals surface area contributed by atoms with Gasteiger partial charge in [-0.15, -0.1) is 5.10 Å². The zero-order chi connectivity index (χ0) is 21.1. The van der Waals surface area contributed by atoms with Crippen LogP contribution in [0.4, 0.5) is 0 Å². The van der Waals surface area contributed by atoms with Crippen molar-refractivity contribution >= 4 is 23.4 Å². The molecule has 0 aliphatic heterocycles. The van der Waals surface area contributed by atoms with Crippen molar-refractivity contribution in [1.29, 1.82) is 0 Å². The van der Waals surface area contributed by atoms with Crippen molar-refractivity contribution in [2.24, 2.45) is 5.92 Å². The fourth-order valence-electron chi connectivity index (χ4n) is 4.52. The first kappa shape index (κ1) is 20.8. The zero-order valence-corrected chi connectivity index (χ0v) is 18.7. The molecule has 1 aliphatic rings. The number of aromatic nitrogens is 4. The summed E-state index contributed by atoms with van der Waals surface area (Å²) < 4.78 is 1.75. The molecule has 7 heteroatoms. The summed E-state index contributed by atoms with van der Waals surface area (Å²) in [5.74, 6) is 1.11. The molecule has 0 spiro atoms. The van der Waals surface area contributed by atoms with E-state index in [1.165, 1.54) is 49.4 Å². The first-order valence-electron chi connectivity index (χ1n) is 10.7. The van der Waals surface area contributed by atoms with Crippen LogP contribution in [0.2, 0.25) is 0 Å². The van der Waals surface area contributed by atoms with E-state index >= 15 is 0 Å². The minimum atomic E-state index is 0.0342. The molecule has 0 radical (unpaired) electrons. The monoisotopic (exact) mass is 423 g/mol. The molecule has 158 valence electrons. The number of fused-ring (bicyclic) bond motifs is 1. The molecule has 1 unspecified atom stereocenters. The van der Waals surface area contributed by atoms with Gasteiger partial charge in [-0.2, -0.15) is 4.98 Å². The third-order valence-corrected chi connectivity index (χ3v) is 6.68. The van der Waals surface area contributed by atoms with Crippen LogP contribution in [0, 0.1) is 19.8 Å². The molecular formula is C23H29N5OS. The lowest BCUT2D eigenvalue weighted by Crippen LogP contribution is -2.35. The molecule has 1 amide bonds. The van der Waals surface area contributed by atoms with E-state index in [4.69, 9.17) is 0 Å². The first-order chi connectivity index (χ1) is 14.6. The summed E-state index contributed by atoms with van der Waals surface area (Å²) >= 11 is 1.49. The molecule has 4 rings (SSSR count). The van der Waals surface area contributed by atoms with Gasteiger partial charge in [0.05, 0.1) is 12.5 Å². The second-order valence-electron chi connectivity index (χ2n) is 8.10. The second kappa shape index (κ2) is 9.16. The molecule has 1 saturated carbocycles. The first-order valence-corrected chi connectivity index (χ1v) is 11.9. The van der Waals surface area contributed by atoms with Gasteiger partial charge in [-0.3, -0.25) is 4.79 Å². The summed E-state index contributed by atoms with van der Waals surface area (Å²) in [4.78, 5) is 22.2. The summed E-state index contributed by atoms with van der Waals surface area (Å²) in [7, 11) is 0. The van der Waals surface area contributed by atoms with E-state index in [1.807, 2.05) is 26.2 Å². The summed E-state index contributed by atoms with van der Waals surface area (Å²) in [6.45, 7) is 3.93. The zero-order valence-electron chi connectivity index (χ0n) is 17.9. The Labute approximate surface area is 181 Å². The number of hydrogen-bond donors (Lipinski definition) is 1. The molecule has 1 aliphatic carbocycles. The Kier molecular flexibility index (Phi) is 6.37. The van der Waals surface area contributed by atoms with Gasteiger partial charge in [-0.1, -0.05) is 61.4 Å². The number of hydrogen-bond acceptors (Lipinski definition) is 5. The highest BCUT2D eigenvalue weighted by molar-refractivity contribution is 7.98. The summed E-state index contributed by atoms with van der Waals surface area (Å²) in [5, 5.41) is 8.54. The molecule has 1 fully saturated rings. The molecule has 1 atom stereocenters. The highest BCUT2D eigenvalue weighted by atomic mass is 32.2. The van der Waals surface area contributed by atoms with Gasteiger partial charge in [0.15, 0.2) is 0 Å². The number of rotatable bonds is 6. The molecule has 1 N–H and O–H groups in total. The van der Waals surface area contributed by atoms with Crippen LogP contribution in [0.15, 0.2) is 35.5 Å². The average Bonchev–Trinajstić information content (AvgIpc) is 3.19. The van der Waals surface area contributed by atoms with Gasteiger partial charge < -0.3 is 5.32 Å². The number of thioether (sulfide) groups is 1. The number of benzene rings is 1. The van der Waals surface area contributed by atoms with E-state index in [0.717, 1.165) is 17.0 Å². The largest absolute Gasteiger partial charge is 0.349 e. The Morgan fingerprint density at radius 2 is 1.90 bits per heavy atom. The van der Waals surface area contributed by atoms with Crippen LogP contribution in [-0.2, 0) is 11.2 Å². The quantitative estimate of drug-likeness (QED) is 0.593. The van der Waals surface area contributed by atoms with Crippen LogP contribution in [0.5, 0.6) is 0 Å². The van der Waals surface area contributed by atoms with E-state index in [0.29, 0.717) is 23.3 Å². The standard InChI is InChI=1S/C23H29N5OS/c1-15-19(16(2)28-22(24-15)26-23(27-28)30-3)14-20(29)25-21(17-10-6-4-7-11-17)18-12-8-5-9-13-18/h4,6-7,10-11,18,21H,5,8-9,12-14H2,1-3H3,(H,25,29). The highest BCUT2D eigenvalue weighted by Gasteiger charge is 2.27. The minimum absolute atomic E-state index is 0.0342. The number of carbonyl (C=O) groups excluding carboxylic acids is 1. The SMILES string of the molecule is CSc1nc2nc(C)c(CC(=O)NC(c3ccccc3)C3CCCCC3)c(C)n2n1. The molecule has 3 aromatic rings. The molecule has 0 saturated heterocycles. The lowest BCUT2D eigenvalue weighted by Gasteiger charge is -2.31. The lowest BCUT2D eigenvalue weighted by molar-refractivity contribution is -0.121. The van der Waals surface area contributed by atoms with Gasteiger partial charge in [0.1, 0.15) is 0 Å². The van der Waals surface area contributed by atoms with Crippen molar-refractivity contribution in [1.82, 2.24) is 24.9 Å². The third-order valence-electron chi connectivity index (χ3n) is 6.15. The van der Waals surface area contributed by atoms with Crippen molar-refractivity contribution in [2.75, 3.05) is 6.26 Å². The Morgan fingerprint density at radius 1 is 1.17 bits per heavy atom. The van der Waals surface area contributed by atoms with Crippen molar-refractivity contribution in [3.63, 3.8) is 0 Å². The van der Waals surface area contributed by atoms with Crippen LogP contribution in [0.25, 0.3) is 5.78 Å². The van der Waals surface area contributed by atoms with Crippen LogP contribution < -0.4 is 5.32 Å². The van der Waals surface area contributed by atoms with E-state index < -0.39 is 0 Å². The smallest absolute Gasteiger partial charge is 0.253 e. The third kappa shape index (κ3) is 4.36. The number of nitrogens with zero attached hydrogens (tertiary/aromatic N) is 4. The Bertz CT molecular complexity index is 1030. The molecule has 2 heterocycles.